The Morgan fingerprint density at radius 1 is 1.62 bits per heavy atom. The van der Waals surface area contributed by atoms with Crippen molar-refractivity contribution in [2.75, 3.05) is 13.2 Å². The first-order valence-electron chi connectivity index (χ1n) is 4.44. The molecule has 2 atom stereocenters. The fourth-order valence-electron chi connectivity index (χ4n) is 1.49. The molecule has 5 heteroatoms. The van der Waals surface area contributed by atoms with E-state index in [1.165, 1.54) is 0 Å². The molecule has 2 aliphatic rings. The van der Waals surface area contributed by atoms with E-state index in [0.717, 1.165) is 26.1 Å². The molecule has 0 aromatic carbocycles. The van der Waals surface area contributed by atoms with Crippen LogP contribution >= 0.6 is 11.6 Å². The van der Waals surface area contributed by atoms with Gasteiger partial charge in [0.2, 0.25) is 5.29 Å². The second-order valence-electron chi connectivity index (χ2n) is 3.19. The Hall–Kier alpha value is -0.450. The Balaban J connectivity index is 1.84. The molecular weight excluding hydrogens is 190 g/mol. The molecule has 0 aromatic rings. The van der Waals surface area contributed by atoms with Crippen LogP contribution in [0.25, 0.3) is 0 Å². The van der Waals surface area contributed by atoms with E-state index in [4.69, 9.17) is 16.3 Å². The first-order valence-corrected chi connectivity index (χ1v) is 4.82. The van der Waals surface area contributed by atoms with Crippen molar-refractivity contribution in [2.45, 2.75) is 25.0 Å². The summed E-state index contributed by atoms with van der Waals surface area (Å²) in [7, 11) is 0. The lowest BCUT2D eigenvalue weighted by atomic mass is 10.2. The fraction of sp³-hybridized carbons (Fsp3) is 0.750. The fourth-order valence-corrected chi connectivity index (χ4v) is 1.67. The Kier molecular flexibility index (Phi) is 2.93. The van der Waals surface area contributed by atoms with Gasteiger partial charge in [0.15, 0.2) is 0 Å². The van der Waals surface area contributed by atoms with Gasteiger partial charge in [0.05, 0.1) is 6.61 Å². The van der Waals surface area contributed by atoms with Crippen molar-refractivity contribution in [1.29, 1.82) is 0 Å². The quantitative estimate of drug-likeness (QED) is 0.671. The largest absolute Gasteiger partial charge is 0.380 e. The average Bonchev–Trinajstić information content (AvgIpc) is 2.57. The summed E-state index contributed by atoms with van der Waals surface area (Å²) in [6, 6.07) is 0.421. The molecule has 0 amide bonds. The van der Waals surface area contributed by atoms with Crippen LogP contribution in [0.1, 0.15) is 12.8 Å². The van der Waals surface area contributed by atoms with Gasteiger partial charge in [0.1, 0.15) is 6.17 Å². The topological polar surface area (TPSA) is 46.0 Å². The molecule has 2 rings (SSSR count). The van der Waals surface area contributed by atoms with Crippen LogP contribution < -0.4 is 5.32 Å². The zero-order valence-corrected chi connectivity index (χ0v) is 8.00. The number of hydrogen-bond donors (Lipinski definition) is 1. The summed E-state index contributed by atoms with van der Waals surface area (Å²) in [5.74, 6) is 0. The van der Waals surface area contributed by atoms with Gasteiger partial charge in [-0.15, -0.1) is 0 Å². The zero-order valence-electron chi connectivity index (χ0n) is 7.24. The maximum atomic E-state index is 5.68. The molecule has 1 N–H and O–H groups in total. The third kappa shape index (κ3) is 2.49. The average molecular weight is 202 g/mol. The molecule has 0 saturated carbocycles. The van der Waals surface area contributed by atoms with Crippen LogP contribution in [0.4, 0.5) is 0 Å². The summed E-state index contributed by atoms with van der Waals surface area (Å²) in [5.41, 5.74) is 0. The number of ether oxygens (including phenoxy) is 1. The Bertz CT molecular complexity index is 236. The number of nitrogens with zero attached hydrogens (tertiary/aromatic N) is 2. The van der Waals surface area contributed by atoms with Crippen molar-refractivity contribution in [3.05, 3.63) is 0 Å². The Labute approximate surface area is 82.0 Å². The summed E-state index contributed by atoms with van der Waals surface area (Å²) >= 11 is 5.68. The van der Waals surface area contributed by atoms with Gasteiger partial charge in [-0.25, -0.2) is 9.98 Å². The van der Waals surface area contributed by atoms with Crippen LogP contribution in [-0.2, 0) is 4.74 Å². The van der Waals surface area contributed by atoms with Gasteiger partial charge < -0.3 is 4.74 Å². The molecule has 13 heavy (non-hydrogen) atoms. The molecule has 2 heterocycles. The molecule has 0 aromatic heterocycles. The van der Waals surface area contributed by atoms with Crippen LogP contribution in [0.2, 0.25) is 0 Å². The second-order valence-corrected chi connectivity index (χ2v) is 3.53. The van der Waals surface area contributed by atoms with Crippen molar-refractivity contribution in [1.82, 2.24) is 5.32 Å². The summed E-state index contributed by atoms with van der Waals surface area (Å²) < 4.78 is 5.25. The maximum absolute atomic E-state index is 5.68. The molecule has 4 nitrogen and oxygen atoms in total. The van der Waals surface area contributed by atoms with Crippen molar-refractivity contribution in [2.24, 2.45) is 9.98 Å². The number of aliphatic imine (C=N–C) groups is 2. The lowest BCUT2D eigenvalue weighted by molar-refractivity contribution is 0.188. The van der Waals surface area contributed by atoms with Crippen molar-refractivity contribution in [3.63, 3.8) is 0 Å². The minimum absolute atomic E-state index is 0.0803. The summed E-state index contributed by atoms with van der Waals surface area (Å²) in [6.07, 6.45) is 3.74. The zero-order chi connectivity index (χ0) is 9.10. The van der Waals surface area contributed by atoms with Crippen LogP contribution in [0.5, 0.6) is 0 Å². The molecule has 0 bridgehead atoms. The Morgan fingerprint density at radius 3 is 3.23 bits per heavy atom. The highest BCUT2D eigenvalue weighted by molar-refractivity contribution is 6.65. The highest BCUT2D eigenvalue weighted by Crippen LogP contribution is 2.08. The van der Waals surface area contributed by atoms with Crippen LogP contribution in [0.15, 0.2) is 9.98 Å². The highest BCUT2D eigenvalue weighted by atomic mass is 35.5. The van der Waals surface area contributed by atoms with Gasteiger partial charge in [-0.3, -0.25) is 5.32 Å². The summed E-state index contributed by atoms with van der Waals surface area (Å²) in [5, 5.41) is 3.70. The molecule has 1 fully saturated rings. The van der Waals surface area contributed by atoms with Crippen LogP contribution in [0, 0.1) is 0 Å². The minimum Gasteiger partial charge on any atom is -0.380 e. The summed E-state index contributed by atoms with van der Waals surface area (Å²) in [4.78, 5) is 8.04. The number of amidine groups is 1. The predicted octanol–water partition coefficient (Wildman–Crippen LogP) is 0.760. The SMILES string of the molecule is ClC1=NC(NC2CCOC2)CC=N1. The lowest BCUT2D eigenvalue weighted by Gasteiger charge is -2.18. The van der Waals surface area contributed by atoms with Crippen molar-refractivity contribution in [3.8, 4) is 0 Å². The van der Waals surface area contributed by atoms with E-state index in [9.17, 15) is 0 Å². The van der Waals surface area contributed by atoms with E-state index in [2.05, 4.69) is 15.3 Å². The minimum atomic E-state index is 0.0803. The molecular formula is C8H12ClN3O. The molecule has 0 spiro atoms. The van der Waals surface area contributed by atoms with Crippen LogP contribution in [0.3, 0.4) is 0 Å². The van der Waals surface area contributed by atoms with Crippen molar-refractivity contribution < 1.29 is 4.74 Å². The molecule has 0 aliphatic carbocycles. The monoisotopic (exact) mass is 201 g/mol. The first kappa shape index (κ1) is 9.12. The summed E-state index contributed by atoms with van der Waals surface area (Å²) in [6.45, 7) is 1.62. The van der Waals surface area contributed by atoms with Gasteiger partial charge in [-0.05, 0) is 18.0 Å². The third-order valence-electron chi connectivity index (χ3n) is 2.15. The molecule has 0 radical (unpaired) electrons. The van der Waals surface area contributed by atoms with E-state index in [0.29, 0.717) is 11.3 Å². The van der Waals surface area contributed by atoms with Gasteiger partial charge in [0.25, 0.3) is 0 Å². The molecule has 2 unspecified atom stereocenters. The van der Waals surface area contributed by atoms with E-state index in [1.54, 1.807) is 6.21 Å². The van der Waals surface area contributed by atoms with E-state index < -0.39 is 0 Å². The number of rotatable bonds is 2. The normalized spacial score (nSPS) is 33.5. The van der Waals surface area contributed by atoms with Gasteiger partial charge in [-0.1, -0.05) is 0 Å². The predicted molar refractivity (Wildman–Crippen MR) is 52.5 cm³/mol. The maximum Gasteiger partial charge on any atom is 0.218 e. The van der Waals surface area contributed by atoms with Gasteiger partial charge in [0, 0.05) is 25.3 Å². The number of halogens is 1. The molecule has 2 aliphatic heterocycles. The number of nitrogens with one attached hydrogen (secondary N) is 1. The molecule has 1 saturated heterocycles. The first-order chi connectivity index (χ1) is 6.34. The smallest absolute Gasteiger partial charge is 0.218 e. The third-order valence-corrected chi connectivity index (χ3v) is 2.34. The van der Waals surface area contributed by atoms with E-state index in [-0.39, 0.29) is 6.17 Å². The van der Waals surface area contributed by atoms with E-state index >= 15 is 0 Å². The Morgan fingerprint density at radius 2 is 2.54 bits per heavy atom. The number of hydrogen-bond acceptors (Lipinski definition) is 4. The highest BCUT2D eigenvalue weighted by Gasteiger charge is 2.19. The van der Waals surface area contributed by atoms with Crippen LogP contribution in [-0.4, -0.2) is 36.9 Å². The van der Waals surface area contributed by atoms with E-state index in [1.807, 2.05) is 0 Å². The lowest BCUT2D eigenvalue weighted by Crippen LogP contribution is -2.38. The second kappa shape index (κ2) is 4.17. The van der Waals surface area contributed by atoms with Crippen molar-refractivity contribution >= 4 is 23.1 Å². The van der Waals surface area contributed by atoms with Gasteiger partial charge >= 0.3 is 0 Å². The van der Waals surface area contributed by atoms with Gasteiger partial charge in [-0.2, -0.15) is 0 Å². The standard InChI is InChI=1S/C8H12ClN3O/c9-8-10-3-1-7(12-8)11-6-2-4-13-5-6/h3,6-7,11H,1-2,4-5H2. The molecule has 72 valence electrons.